The monoisotopic (exact) mass is 283 g/mol. The molecule has 2 N–H and O–H groups in total. The Balaban J connectivity index is 2.31. The maximum Gasteiger partial charge on any atom is 0.155 e. The van der Waals surface area contributed by atoms with Crippen molar-refractivity contribution in [3.05, 3.63) is 35.9 Å². The van der Waals surface area contributed by atoms with E-state index in [2.05, 4.69) is 0 Å². The van der Waals surface area contributed by atoms with Crippen LogP contribution in [0.5, 0.6) is 0 Å². The van der Waals surface area contributed by atoms with Crippen molar-refractivity contribution in [2.75, 3.05) is 19.0 Å². The molecular weight excluding hydrogens is 262 g/mol. The lowest BCUT2D eigenvalue weighted by atomic mass is 10.1. The van der Waals surface area contributed by atoms with Crippen LogP contribution < -0.4 is 5.73 Å². The average molecular weight is 283 g/mol. The minimum atomic E-state index is -3.17. The first-order valence-electron chi connectivity index (χ1n) is 6.60. The van der Waals surface area contributed by atoms with Gasteiger partial charge < -0.3 is 10.5 Å². The Kier molecular flexibility index (Phi) is 3.99. The van der Waals surface area contributed by atoms with Crippen molar-refractivity contribution in [3.8, 4) is 0 Å². The minimum Gasteiger partial charge on any atom is -0.380 e. The standard InChI is InChI=1S/C14H21NO3S/c1-3-18-10-14(15)12(11-8-6-5-7-9-11)13(14)19(16,17)4-2/h5-9,12-13H,3-4,10,15H2,1-2H3/t12-,13-,14+/m0/s1. The normalized spacial score (nSPS) is 30.3. The van der Waals surface area contributed by atoms with E-state index in [1.807, 2.05) is 37.3 Å². The lowest BCUT2D eigenvalue weighted by Crippen LogP contribution is -2.36. The number of rotatable bonds is 6. The Labute approximate surface area is 114 Å². The number of sulfone groups is 1. The van der Waals surface area contributed by atoms with Crippen LogP contribution >= 0.6 is 0 Å². The van der Waals surface area contributed by atoms with Gasteiger partial charge in [-0.25, -0.2) is 8.42 Å². The Morgan fingerprint density at radius 3 is 2.42 bits per heavy atom. The summed E-state index contributed by atoms with van der Waals surface area (Å²) in [4.78, 5) is 0. The molecule has 0 spiro atoms. The Bertz CT molecular complexity index is 529. The first-order chi connectivity index (χ1) is 8.97. The molecule has 1 fully saturated rings. The molecule has 19 heavy (non-hydrogen) atoms. The molecule has 1 aliphatic rings. The maximum atomic E-state index is 12.2. The van der Waals surface area contributed by atoms with Crippen LogP contribution in [0, 0.1) is 0 Å². The van der Waals surface area contributed by atoms with Crippen LogP contribution in [0.4, 0.5) is 0 Å². The molecule has 2 rings (SSSR count). The zero-order valence-electron chi connectivity index (χ0n) is 11.4. The molecule has 1 aromatic carbocycles. The first-order valence-corrected chi connectivity index (χ1v) is 8.32. The van der Waals surface area contributed by atoms with Crippen molar-refractivity contribution >= 4 is 9.84 Å². The van der Waals surface area contributed by atoms with Crippen molar-refractivity contribution in [1.29, 1.82) is 0 Å². The number of hydrogen-bond donors (Lipinski definition) is 1. The molecule has 0 radical (unpaired) electrons. The minimum absolute atomic E-state index is 0.117. The molecule has 0 aliphatic heterocycles. The lowest BCUT2D eigenvalue weighted by molar-refractivity contribution is 0.125. The van der Waals surface area contributed by atoms with Crippen molar-refractivity contribution in [3.63, 3.8) is 0 Å². The predicted octanol–water partition coefficient (Wildman–Crippen LogP) is 1.32. The second kappa shape index (κ2) is 5.23. The average Bonchev–Trinajstić information content (AvgIpc) is 3.05. The van der Waals surface area contributed by atoms with Gasteiger partial charge in [-0.3, -0.25) is 0 Å². The highest BCUT2D eigenvalue weighted by Crippen LogP contribution is 2.54. The van der Waals surface area contributed by atoms with E-state index in [1.54, 1.807) is 6.92 Å². The topological polar surface area (TPSA) is 69.4 Å². The van der Waals surface area contributed by atoms with E-state index in [1.165, 1.54) is 0 Å². The van der Waals surface area contributed by atoms with Gasteiger partial charge in [-0.15, -0.1) is 0 Å². The molecule has 0 aromatic heterocycles. The fourth-order valence-electron chi connectivity index (χ4n) is 2.74. The molecule has 4 nitrogen and oxygen atoms in total. The molecule has 0 bridgehead atoms. The van der Waals surface area contributed by atoms with Gasteiger partial charge in [0.25, 0.3) is 0 Å². The smallest absolute Gasteiger partial charge is 0.155 e. The third-order valence-electron chi connectivity index (χ3n) is 3.81. The van der Waals surface area contributed by atoms with Crippen molar-refractivity contribution < 1.29 is 13.2 Å². The third-order valence-corrected chi connectivity index (χ3v) is 6.10. The van der Waals surface area contributed by atoms with E-state index in [0.29, 0.717) is 6.61 Å². The molecule has 1 aromatic rings. The van der Waals surface area contributed by atoms with Gasteiger partial charge in [0.15, 0.2) is 9.84 Å². The van der Waals surface area contributed by atoms with Crippen LogP contribution in [0.25, 0.3) is 0 Å². The number of benzene rings is 1. The fraction of sp³-hybridized carbons (Fsp3) is 0.571. The second-order valence-corrected chi connectivity index (χ2v) is 7.42. The van der Waals surface area contributed by atoms with Gasteiger partial charge in [-0.1, -0.05) is 37.3 Å². The molecule has 0 unspecified atom stereocenters. The van der Waals surface area contributed by atoms with Crippen LogP contribution in [0.2, 0.25) is 0 Å². The van der Waals surface area contributed by atoms with Gasteiger partial charge >= 0.3 is 0 Å². The SMILES string of the molecule is CCOC[C@@]1(N)[C@@H](c2ccccc2)[C@@H]1S(=O)(=O)CC. The summed E-state index contributed by atoms with van der Waals surface area (Å²) in [5, 5.41) is -0.529. The molecule has 1 saturated carbocycles. The summed E-state index contributed by atoms with van der Waals surface area (Å²) < 4.78 is 29.8. The molecule has 106 valence electrons. The predicted molar refractivity (Wildman–Crippen MR) is 75.8 cm³/mol. The molecule has 0 amide bonds. The van der Waals surface area contributed by atoms with Crippen molar-refractivity contribution in [1.82, 2.24) is 0 Å². The summed E-state index contributed by atoms with van der Waals surface area (Å²) in [6.45, 7) is 4.37. The maximum absolute atomic E-state index is 12.2. The van der Waals surface area contributed by atoms with Crippen molar-refractivity contribution in [2.24, 2.45) is 5.73 Å². The van der Waals surface area contributed by atoms with E-state index < -0.39 is 20.6 Å². The number of ether oxygens (including phenoxy) is 1. The summed E-state index contributed by atoms with van der Waals surface area (Å²) in [5.74, 6) is -0.0447. The highest BCUT2D eigenvalue weighted by molar-refractivity contribution is 7.92. The van der Waals surface area contributed by atoms with E-state index >= 15 is 0 Å². The van der Waals surface area contributed by atoms with Crippen LogP contribution in [0.3, 0.4) is 0 Å². The molecule has 0 heterocycles. The molecular formula is C14H21NO3S. The van der Waals surface area contributed by atoms with Crippen molar-refractivity contribution in [2.45, 2.75) is 30.6 Å². The number of hydrogen-bond acceptors (Lipinski definition) is 4. The molecule has 3 atom stereocenters. The third kappa shape index (κ3) is 2.55. The van der Waals surface area contributed by atoms with Crippen LogP contribution in [0.1, 0.15) is 25.3 Å². The highest BCUT2D eigenvalue weighted by atomic mass is 32.2. The molecule has 5 heteroatoms. The van der Waals surface area contributed by atoms with Gasteiger partial charge in [0, 0.05) is 18.3 Å². The first kappa shape index (κ1) is 14.5. The fourth-order valence-corrected chi connectivity index (χ4v) is 4.73. The summed E-state index contributed by atoms with van der Waals surface area (Å²) >= 11 is 0. The molecule has 0 saturated heterocycles. The second-order valence-electron chi connectivity index (χ2n) is 5.01. The van der Waals surface area contributed by atoms with Gasteiger partial charge in [0.1, 0.15) is 0 Å². The van der Waals surface area contributed by atoms with Gasteiger partial charge in [-0.05, 0) is 12.5 Å². The zero-order chi connectivity index (χ0) is 14.1. The van der Waals surface area contributed by atoms with Gasteiger partial charge in [0.05, 0.1) is 17.4 Å². The molecule has 1 aliphatic carbocycles. The van der Waals surface area contributed by atoms with Crippen LogP contribution in [-0.2, 0) is 14.6 Å². The summed E-state index contributed by atoms with van der Waals surface area (Å²) in [6.07, 6.45) is 0. The highest BCUT2D eigenvalue weighted by Gasteiger charge is 2.68. The Morgan fingerprint density at radius 2 is 1.89 bits per heavy atom. The van der Waals surface area contributed by atoms with Crippen LogP contribution in [-0.4, -0.2) is 38.2 Å². The van der Waals surface area contributed by atoms with E-state index in [0.717, 1.165) is 5.56 Å². The Hall–Kier alpha value is -0.910. The Morgan fingerprint density at radius 1 is 1.26 bits per heavy atom. The summed E-state index contributed by atoms with van der Waals surface area (Å²) in [5.41, 5.74) is 6.50. The summed E-state index contributed by atoms with van der Waals surface area (Å²) in [7, 11) is -3.17. The number of nitrogens with two attached hydrogens (primary N) is 1. The van der Waals surface area contributed by atoms with E-state index in [9.17, 15) is 8.42 Å². The van der Waals surface area contributed by atoms with E-state index in [-0.39, 0.29) is 18.3 Å². The zero-order valence-corrected chi connectivity index (χ0v) is 12.2. The van der Waals surface area contributed by atoms with Crippen LogP contribution in [0.15, 0.2) is 30.3 Å². The van der Waals surface area contributed by atoms with E-state index in [4.69, 9.17) is 10.5 Å². The summed E-state index contributed by atoms with van der Waals surface area (Å²) in [6, 6.07) is 9.59. The van der Waals surface area contributed by atoms with Gasteiger partial charge in [-0.2, -0.15) is 0 Å². The largest absolute Gasteiger partial charge is 0.380 e. The van der Waals surface area contributed by atoms with Gasteiger partial charge in [0.2, 0.25) is 0 Å². The quantitative estimate of drug-likeness (QED) is 0.855. The lowest BCUT2D eigenvalue weighted by Gasteiger charge is -2.11.